The van der Waals surface area contributed by atoms with Gasteiger partial charge < -0.3 is 4.74 Å². The molecule has 0 aliphatic heterocycles. The van der Waals surface area contributed by atoms with E-state index in [1.165, 1.54) is 5.56 Å². The molecule has 0 aromatic heterocycles. The van der Waals surface area contributed by atoms with Gasteiger partial charge in [-0.05, 0) is 35.6 Å². The van der Waals surface area contributed by atoms with E-state index in [9.17, 15) is 9.59 Å². The molecule has 0 radical (unpaired) electrons. The van der Waals surface area contributed by atoms with Gasteiger partial charge in [-0.1, -0.05) is 67.6 Å². The number of aryl methyl sites for hydroxylation is 1. The molecule has 3 nitrogen and oxygen atoms in total. The predicted octanol–water partition coefficient (Wildman–Crippen LogP) is 5.97. The van der Waals surface area contributed by atoms with E-state index < -0.39 is 0 Å². The molecule has 4 aromatic rings. The van der Waals surface area contributed by atoms with E-state index in [-0.39, 0.29) is 11.6 Å². The van der Waals surface area contributed by atoms with Crippen LogP contribution in [0.25, 0.3) is 10.8 Å². The highest BCUT2D eigenvalue weighted by molar-refractivity contribution is 6.31. The fraction of sp³-hybridized carbons (Fsp3) is 0.0769. The van der Waals surface area contributed by atoms with Crippen LogP contribution in [-0.4, -0.2) is 11.6 Å². The summed E-state index contributed by atoms with van der Waals surface area (Å²) >= 11 is 0. The zero-order valence-corrected chi connectivity index (χ0v) is 15.9. The molecule has 1 aliphatic rings. The van der Waals surface area contributed by atoms with Gasteiger partial charge in [0.25, 0.3) is 0 Å². The van der Waals surface area contributed by atoms with Gasteiger partial charge in [0, 0.05) is 22.1 Å². The Morgan fingerprint density at radius 3 is 2.10 bits per heavy atom. The number of benzene rings is 4. The Morgan fingerprint density at radius 2 is 1.38 bits per heavy atom. The molecule has 0 atom stereocenters. The minimum atomic E-state index is -0.180. The Labute approximate surface area is 168 Å². The summed E-state index contributed by atoms with van der Waals surface area (Å²) in [6.07, 6.45) is 0.938. The van der Waals surface area contributed by atoms with Crippen molar-refractivity contribution in [3.05, 3.63) is 107 Å². The third-order valence-corrected chi connectivity index (χ3v) is 5.44. The fourth-order valence-electron chi connectivity index (χ4n) is 3.89. The number of ether oxygens (including phenoxy) is 1. The van der Waals surface area contributed by atoms with Crippen molar-refractivity contribution >= 4 is 22.3 Å². The second kappa shape index (κ2) is 6.71. The number of carbonyl (C=O) groups is 2. The summed E-state index contributed by atoms with van der Waals surface area (Å²) in [5.74, 6) is 0.753. The zero-order chi connectivity index (χ0) is 20.0. The lowest BCUT2D eigenvalue weighted by atomic mass is 9.82. The third-order valence-electron chi connectivity index (χ3n) is 5.44. The summed E-state index contributed by atoms with van der Waals surface area (Å²) < 4.78 is 6.25. The summed E-state index contributed by atoms with van der Waals surface area (Å²) in [7, 11) is 0. The molecule has 0 unspecified atom stereocenters. The van der Waals surface area contributed by atoms with Gasteiger partial charge in [-0.3, -0.25) is 9.59 Å². The minimum Gasteiger partial charge on any atom is -0.456 e. The summed E-state index contributed by atoms with van der Waals surface area (Å²) in [5, 5.41) is 1.68. The molecule has 0 saturated carbocycles. The standard InChI is InChI=1S/C26H18O3/c1-2-16-11-13-18(14-12-16)29-26-19-8-4-3-7-17(19)15-22-23(26)25(28)21-10-6-5-9-20(21)24(22)27/h3-15H,2H2,1H3. The molecule has 140 valence electrons. The van der Waals surface area contributed by atoms with Crippen LogP contribution in [0.4, 0.5) is 0 Å². The molecule has 4 aromatic carbocycles. The Hall–Kier alpha value is -3.72. The second-order valence-electron chi connectivity index (χ2n) is 7.15. The van der Waals surface area contributed by atoms with Gasteiger partial charge in [0.15, 0.2) is 11.6 Å². The summed E-state index contributed by atoms with van der Waals surface area (Å²) in [5.41, 5.74) is 2.81. The van der Waals surface area contributed by atoms with Gasteiger partial charge in [0.2, 0.25) is 0 Å². The first kappa shape index (κ1) is 17.4. The number of ketones is 2. The van der Waals surface area contributed by atoms with Crippen molar-refractivity contribution in [2.45, 2.75) is 13.3 Å². The van der Waals surface area contributed by atoms with E-state index in [1.54, 1.807) is 30.3 Å². The molecule has 0 bridgehead atoms. The maximum Gasteiger partial charge on any atom is 0.198 e. The number of rotatable bonds is 3. The Bertz CT molecular complexity index is 1280. The number of fused-ring (bicyclic) bond motifs is 3. The predicted molar refractivity (Wildman–Crippen MR) is 113 cm³/mol. The van der Waals surface area contributed by atoms with Gasteiger partial charge >= 0.3 is 0 Å². The minimum absolute atomic E-state index is 0.146. The Balaban J connectivity index is 1.76. The topological polar surface area (TPSA) is 43.4 Å². The first-order valence-corrected chi connectivity index (χ1v) is 9.68. The molecular weight excluding hydrogens is 360 g/mol. The smallest absolute Gasteiger partial charge is 0.198 e. The van der Waals surface area contributed by atoms with Gasteiger partial charge in [0.05, 0.1) is 5.56 Å². The maximum atomic E-state index is 13.4. The van der Waals surface area contributed by atoms with Crippen molar-refractivity contribution in [3.8, 4) is 11.5 Å². The third kappa shape index (κ3) is 2.74. The quantitative estimate of drug-likeness (QED) is 0.388. The van der Waals surface area contributed by atoms with Crippen LogP contribution in [-0.2, 0) is 6.42 Å². The van der Waals surface area contributed by atoms with Crippen LogP contribution < -0.4 is 4.74 Å². The van der Waals surface area contributed by atoms with E-state index in [0.29, 0.717) is 33.8 Å². The first-order valence-electron chi connectivity index (χ1n) is 9.68. The molecule has 29 heavy (non-hydrogen) atoms. The summed E-state index contributed by atoms with van der Waals surface area (Å²) in [6.45, 7) is 2.10. The first-order chi connectivity index (χ1) is 14.2. The second-order valence-corrected chi connectivity index (χ2v) is 7.15. The van der Waals surface area contributed by atoms with E-state index in [1.807, 2.05) is 48.5 Å². The Kier molecular flexibility index (Phi) is 4.02. The van der Waals surface area contributed by atoms with Crippen LogP contribution in [0, 0.1) is 0 Å². The zero-order valence-electron chi connectivity index (χ0n) is 15.9. The average molecular weight is 378 g/mol. The lowest BCUT2D eigenvalue weighted by Gasteiger charge is -2.22. The highest BCUT2D eigenvalue weighted by Gasteiger charge is 2.33. The van der Waals surface area contributed by atoms with E-state index in [0.717, 1.165) is 17.2 Å². The van der Waals surface area contributed by atoms with Gasteiger partial charge in [-0.2, -0.15) is 0 Å². The van der Waals surface area contributed by atoms with Crippen molar-refractivity contribution in [3.63, 3.8) is 0 Å². The molecule has 5 rings (SSSR count). The van der Waals surface area contributed by atoms with Crippen molar-refractivity contribution < 1.29 is 14.3 Å². The number of hydrogen-bond donors (Lipinski definition) is 0. The van der Waals surface area contributed by atoms with Crippen LogP contribution in [0.15, 0.2) is 78.9 Å². The van der Waals surface area contributed by atoms with Crippen molar-refractivity contribution in [1.29, 1.82) is 0 Å². The van der Waals surface area contributed by atoms with Gasteiger partial charge in [-0.15, -0.1) is 0 Å². The number of hydrogen-bond acceptors (Lipinski definition) is 3. The molecule has 0 heterocycles. The van der Waals surface area contributed by atoms with E-state index in [4.69, 9.17) is 4.74 Å². The van der Waals surface area contributed by atoms with Crippen molar-refractivity contribution in [2.24, 2.45) is 0 Å². The maximum absolute atomic E-state index is 13.4. The van der Waals surface area contributed by atoms with Crippen LogP contribution >= 0.6 is 0 Å². The van der Waals surface area contributed by atoms with Gasteiger partial charge in [-0.25, -0.2) is 0 Å². The normalized spacial score (nSPS) is 12.6. The molecule has 0 amide bonds. The number of carbonyl (C=O) groups excluding carboxylic acids is 2. The van der Waals surface area contributed by atoms with Crippen LogP contribution in [0.2, 0.25) is 0 Å². The summed E-state index contributed by atoms with van der Waals surface area (Å²) in [6, 6.07) is 24.3. The monoisotopic (exact) mass is 378 g/mol. The van der Waals surface area contributed by atoms with Crippen LogP contribution in [0.3, 0.4) is 0 Å². The van der Waals surface area contributed by atoms with Crippen molar-refractivity contribution in [1.82, 2.24) is 0 Å². The van der Waals surface area contributed by atoms with Crippen LogP contribution in [0.1, 0.15) is 44.3 Å². The fourth-order valence-corrected chi connectivity index (χ4v) is 3.89. The SMILES string of the molecule is CCc1ccc(Oc2c3c(cc4ccccc24)C(=O)c2ccccc2C3=O)cc1. The lowest BCUT2D eigenvalue weighted by molar-refractivity contribution is 0.0977. The highest BCUT2D eigenvalue weighted by atomic mass is 16.5. The molecule has 0 N–H and O–H groups in total. The molecule has 0 saturated heterocycles. The molecular formula is C26H18O3. The largest absolute Gasteiger partial charge is 0.456 e. The average Bonchev–Trinajstić information content (AvgIpc) is 2.77. The van der Waals surface area contributed by atoms with Crippen molar-refractivity contribution in [2.75, 3.05) is 0 Å². The molecule has 1 aliphatic carbocycles. The molecule has 0 fully saturated rings. The van der Waals surface area contributed by atoms with Gasteiger partial charge in [0.1, 0.15) is 11.5 Å². The van der Waals surface area contributed by atoms with Crippen LogP contribution in [0.5, 0.6) is 11.5 Å². The molecule has 3 heteroatoms. The Morgan fingerprint density at radius 1 is 0.724 bits per heavy atom. The molecule has 0 spiro atoms. The highest BCUT2D eigenvalue weighted by Crippen LogP contribution is 2.40. The van der Waals surface area contributed by atoms with E-state index >= 15 is 0 Å². The summed E-state index contributed by atoms with van der Waals surface area (Å²) in [4.78, 5) is 26.6. The lowest BCUT2D eigenvalue weighted by Crippen LogP contribution is -2.21. The van der Waals surface area contributed by atoms with E-state index in [2.05, 4.69) is 6.92 Å².